The van der Waals surface area contributed by atoms with E-state index in [4.69, 9.17) is 52.6 Å². The van der Waals surface area contributed by atoms with Gasteiger partial charge in [-0.2, -0.15) is 0 Å². The van der Waals surface area contributed by atoms with Crippen molar-refractivity contribution in [2.24, 2.45) is 0 Å². The Morgan fingerprint density at radius 1 is 0.622 bits per heavy atom. The number of piperazine rings is 2. The molecule has 2 aliphatic rings. The number of anilines is 2. The molecule has 0 unspecified atom stereocenters. The standard InChI is InChI=1S/C34H38ClFN4O3.C31H30ClFN4O2/c1-21(2)22-11-7-8-12-23(22)29-28(20-42-6)37-32(39-15-17-40(18-16-39)33(41)43-34(3,4)5)25-19-26(35)30(38-31(25)29)24-13-9-10-14-27(24)36;1-4-27(39)36-13-15-37(16-14-36)31-23-17-24(32)29(22-11-7-8-12-25(22)33)35-30(23)28(26(18-38)34-31)21-10-6-5-9-20(21)19(2)3/h7-14,19,21H,15-18,20H2,1-6H3;4-12,17,19,38H,1,13-16,18H2,2-3H3. The summed E-state index contributed by atoms with van der Waals surface area (Å²) in [5.41, 5.74) is 8.90. The lowest BCUT2D eigenvalue weighted by molar-refractivity contribution is -0.126. The highest BCUT2D eigenvalue weighted by atomic mass is 35.5. The van der Waals surface area contributed by atoms with Crippen molar-refractivity contribution in [1.82, 2.24) is 29.7 Å². The van der Waals surface area contributed by atoms with Crippen LogP contribution in [0.4, 0.5) is 25.2 Å². The molecule has 0 atom stereocenters. The Balaban J connectivity index is 0.000000198. The Bertz CT molecular complexity index is 3690. The van der Waals surface area contributed by atoms with Crippen LogP contribution in [0.3, 0.4) is 0 Å². The van der Waals surface area contributed by atoms with Crippen LogP contribution in [0.1, 0.15) is 82.8 Å². The summed E-state index contributed by atoms with van der Waals surface area (Å²) in [4.78, 5) is 52.7. The first kappa shape index (κ1) is 59.1. The molecule has 1 N–H and O–H groups in total. The van der Waals surface area contributed by atoms with Gasteiger partial charge >= 0.3 is 6.09 Å². The van der Waals surface area contributed by atoms with Gasteiger partial charge < -0.3 is 34.2 Å². The molecule has 10 rings (SSSR count). The highest BCUT2D eigenvalue weighted by Gasteiger charge is 2.31. The second-order valence-corrected chi connectivity index (χ2v) is 22.8. The third-order valence-electron chi connectivity index (χ3n) is 14.7. The molecule has 0 spiro atoms. The van der Waals surface area contributed by atoms with Crippen molar-refractivity contribution >= 4 is 68.6 Å². The molecule has 0 saturated carbocycles. The normalized spacial score (nSPS) is 13.9. The van der Waals surface area contributed by atoms with Gasteiger partial charge in [-0.25, -0.2) is 33.5 Å². The summed E-state index contributed by atoms with van der Waals surface area (Å²) in [5, 5.41) is 12.7. The van der Waals surface area contributed by atoms with Gasteiger partial charge in [0.1, 0.15) is 28.9 Å². The van der Waals surface area contributed by atoms with Gasteiger partial charge in [-0.1, -0.05) is 130 Å². The molecular formula is C65H68Cl2F2N8O5. The number of aliphatic hydroxyl groups excluding tert-OH is 1. The van der Waals surface area contributed by atoms with E-state index < -0.39 is 17.2 Å². The topological polar surface area (TPSA) is 137 Å². The van der Waals surface area contributed by atoms with Gasteiger partial charge in [0.2, 0.25) is 5.91 Å². The van der Waals surface area contributed by atoms with Crippen LogP contribution in [0.5, 0.6) is 0 Å². The maximum absolute atomic E-state index is 15.0. The molecule has 17 heteroatoms. The molecule has 2 fully saturated rings. The molecule has 0 aliphatic carbocycles. The van der Waals surface area contributed by atoms with Crippen molar-refractivity contribution in [3.05, 3.63) is 166 Å². The number of aromatic nitrogens is 4. The first-order chi connectivity index (χ1) is 39.3. The van der Waals surface area contributed by atoms with E-state index in [2.05, 4.69) is 62.3 Å². The molecule has 4 aromatic heterocycles. The zero-order valence-corrected chi connectivity index (χ0v) is 49.1. The van der Waals surface area contributed by atoms with Crippen molar-refractivity contribution in [2.45, 2.75) is 79.1 Å². The molecule has 2 amide bonds. The average molecular weight is 1150 g/mol. The average Bonchev–Trinajstić information content (AvgIpc) is 2.07. The van der Waals surface area contributed by atoms with E-state index in [-0.39, 0.29) is 37.0 Å². The summed E-state index contributed by atoms with van der Waals surface area (Å²) in [6.07, 6.45) is 0.993. The maximum atomic E-state index is 15.0. The van der Waals surface area contributed by atoms with Crippen LogP contribution in [0.15, 0.2) is 122 Å². The van der Waals surface area contributed by atoms with Crippen LogP contribution < -0.4 is 9.80 Å². The number of carbonyl (C=O) groups is 2. The minimum absolute atomic E-state index is 0.108. The lowest BCUT2D eigenvalue weighted by atomic mass is 9.90. The van der Waals surface area contributed by atoms with Gasteiger partial charge in [0.15, 0.2) is 0 Å². The van der Waals surface area contributed by atoms with Crippen LogP contribution in [-0.4, -0.2) is 112 Å². The largest absolute Gasteiger partial charge is 0.444 e. The number of ether oxygens (including phenoxy) is 2. The molecule has 426 valence electrons. The van der Waals surface area contributed by atoms with Crippen molar-refractivity contribution in [3.63, 3.8) is 0 Å². The molecule has 0 radical (unpaired) electrons. The molecule has 0 bridgehead atoms. The number of nitrogens with zero attached hydrogens (tertiary/aromatic N) is 8. The number of aliphatic hydroxyl groups is 1. The third kappa shape index (κ3) is 12.4. The number of carbonyl (C=O) groups excluding carboxylic acids is 2. The van der Waals surface area contributed by atoms with Crippen molar-refractivity contribution in [3.8, 4) is 44.8 Å². The first-order valence-corrected chi connectivity index (χ1v) is 28.3. The fourth-order valence-electron chi connectivity index (χ4n) is 10.7. The number of fused-ring (bicyclic) bond motifs is 2. The zero-order chi connectivity index (χ0) is 58.6. The quantitative estimate of drug-likeness (QED) is 0.117. The Labute approximate surface area is 488 Å². The molecular weight excluding hydrogens is 1080 g/mol. The molecule has 4 aromatic carbocycles. The van der Waals surface area contributed by atoms with Crippen LogP contribution in [0, 0.1) is 11.6 Å². The van der Waals surface area contributed by atoms with E-state index in [1.165, 1.54) is 18.2 Å². The van der Waals surface area contributed by atoms with E-state index in [0.29, 0.717) is 124 Å². The fraction of sp³-hybridized carbons (Fsp3) is 0.323. The number of benzene rings is 4. The molecule has 8 aromatic rings. The second kappa shape index (κ2) is 25.3. The molecule has 2 aliphatic heterocycles. The van der Waals surface area contributed by atoms with Crippen LogP contribution in [0.2, 0.25) is 10.0 Å². The lowest BCUT2D eigenvalue weighted by Gasteiger charge is -2.37. The van der Waals surface area contributed by atoms with Gasteiger partial charge in [-0.05, 0) is 97.3 Å². The minimum atomic E-state index is -0.568. The number of pyridine rings is 4. The Hall–Kier alpha value is -7.56. The number of hydrogen-bond donors (Lipinski definition) is 1. The number of halogens is 4. The minimum Gasteiger partial charge on any atom is -0.444 e. The first-order valence-electron chi connectivity index (χ1n) is 27.6. The number of hydrogen-bond acceptors (Lipinski definition) is 11. The van der Waals surface area contributed by atoms with Crippen LogP contribution >= 0.6 is 23.2 Å². The summed E-state index contributed by atoms with van der Waals surface area (Å²) in [6, 6.07) is 32.8. The Morgan fingerprint density at radius 3 is 1.43 bits per heavy atom. The summed E-state index contributed by atoms with van der Waals surface area (Å²) in [5.74, 6) is 0.839. The maximum Gasteiger partial charge on any atom is 0.410 e. The summed E-state index contributed by atoms with van der Waals surface area (Å²) in [7, 11) is 1.64. The van der Waals surface area contributed by atoms with Gasteiger partial charge in [0.05, 0.1) is 57.1 Å². The predicted molar refractivity (Wildman–Crippen MR) is 325 cm³/mol. The molecule has 6 heterocycles. The number of methoxy groups -OCH3 is 1. The molecule has 13 nitrogen and oxygen atoms in total. The van der Waals surface area contributed by atoms with E-state index in [0.717, 1.165) is 38.9 Å². The monoisotopic (exact) mass is 1150 g/mol. The second-order valence-electron chi connectivity index (χ2n) is 21.9. The van der Waals surface area contributed by atoms with E-state index >= 15 is 4.39 Å². The van der Waals surface area contributed by atoms with Crippen LogP contribution in [0.25, 0.3) is 66.6 Å². The lowest BCUT2D eigenvalue weighted by Crippen LogP contribution is -2.50. The number of amides is 2. The third-order valence-corrected chi connectivity index (χ3v) is 15.2. The van der Waals surface area contributed by atoms with Crippen LogP contribution in [-0.2, 0) is 27.5 Å². The highest BCUT2D eigenvalue weighted by molar-refractivity contribution is 6.34. The van der Waals surface area contributed by atoms with E-state index in [9.17, 15) is 19.1 Å². The number of rotatable bonds is 12. The fourth-order valence-corrected chi connectivity index (χ4v) is 11.2. The van der Waals surface area contributed by atoms with Crippen molar-refractivity contribution < 1.29 is 33.0 Å². The summed E-state index contributed by atoms with van der Waals surface area (Å²) < 4.78 is 41.2. The van der Waals surface area contributed by atoms with Gasteiger partial charge in [0, 0.05) is 92.5 Å². The zero-order valence-electron chi connectivity index (χ0n) is 47.6. The Morgan fingerprint density at radius 2 is 1.02 bits per heavy atom. The van der Waals surface area contributed by atoms with E-state index in [1.807, 2.05) is 57.2 Å². The van der Waals surface area contributed by atoms with Crippen molar-refractivity contribution in [1.29, 1.82) is 0 Å². The van der Waals surface area contributed by atoms with Gasteiger partial charge in [-0.3, -0.25) is 4.79 Å². The van der Waals surface area contributed by atoms with E-state index in [1.54, 1.807) is 59.4 Å². The van der Waals surface area contributed by atoms with Crippen molar-refractivity contribution in [2.75, 3.05) is 69.3 Å². The Kier molecular flexibility index (Phi) is 18.2. The SMILES string of the molecule is C=CC(=O)N1CCN(c2nc(CO)c(-c3ccccc3C(C)C)c3nc(-c4ccccc4F)c(Cl)cc23)CC1.COCc1nc(N2CCN(C(=O)OC(C)(C)C)CC2)c2cc(Cl)c(-c3ccccc3F)nc2c1-c1ccccc1C(C)C. The van der Waals surface area contributed by atoms with Gasteiger partial charge in [-0.15, -0.1) is 0 Å². The van der Waals surface area contributed by atoms with Gasteiger partial charge in [0.25, 0.3) is 0 Å². The smallest absolute Gasteiger partial charge is 0.410 e. The molecule has 2 saturated heterocycles. The highest BCUT2D eigenvalue weighted by Crippen LogP contribution is 2.44. The summed E-state index contributed by atoms with van der Waals surface area (Å²) in [6.45, 7) is 21.8. The predicted octanol–water partition coefficient (Wildman–Crippen LogP) is 14.3. The molecule has 82 heavy (non-hydrogen) atoms. The summed E-state index contributed by atoms with van der Waals surface area (Å²) >= 11 is 13.6.